The number of anilines is 3. The molecule has 4 aromatic rings. The molecule has 1 fully saturated rings. The zero-order valence-corrected chi connectivity index (χ0v) is 23.9. The molecule has 1 aliphatic rings. The third-order valence-corrected chi connectivity index (χ3v) is 8.07. The third-order valence-electron chi connectivity index (χ3n) is 6.63. The number of piperazine rings is 1. The number of thiazole rings is 1. The maximum absolute atomic E-state index is 6.70. The van der Waals surface area contributed by atoms with Crippen LogP contribution >= 0.6 is 22.9 Å². The molecule has 0 saturated carbocycles. The Hall–Kier alpha value is -3.20. The molecule has 0 atom stereocenters. The minimum absolute atomic E-state index is 0.518. The molecule has 0 aliphatic carbocycles. The molecule has 1 N–H and O–H groups in total. The van der Waals surface area contributed by atoms with Crippen LogP contribution in [-0.2, 0) is 6.42 Å². The van der Waals surface area contributed by atoms with E-state index in [-0.39, 0.29) is 0 Å². The molecule has 1 aliphatic heterocycles. The molecular weight excluding hydrogens is 516 g/mol. The Kier molecular flexibility index (Phi) is 8.12. The summed E-state index contributed by atoms with van der Waals surface area (Å²) in [6.45, 7) is 8.25. The Bertz CT molecular complexity index is 1420. The molecule has 3 heterocycles. The molecule has 0 amide bonds. The van der Waals surface area contributed by atoms with E-state index in [0.717, 1.165) is 93.6 Å². The quantitative estimate of drug-likeness (QED) is 0.263. The average molecular weight is 549 g/mol. The summed E-state index contributed by atoms with van der Waals surface area (Å²) in [5.41, 5.74) is 5.81. The highest BCUT2D eigenvalue weighted by molar-refractivity contribution is 7.15. The Morgan fingerprint density at radius 2 is 1.87 bits per heavy atom. The SMILES string of the molecule is CCCc1nc(-c2cc(C)cc(OC)c2)c(-c2ccnc(Nc3ccc(N4CCN(C)CC4)c(Cl)c3)n2)s1. The molecule has 2 aromatic carbocycles. The first-order valence-corrected chi connectivity index (χ1v) is 14.1. The molecule has 38 heavy (non-hydrogen) atoms. The number of rotatable bonds is 8. The predicted octanol–water partition coefficient (Wildman–Crippen LogP) is 6.69. The van der Waals surface area contributed by atoms with Gasteiger partial charge in [0.25, 0.3) is 0 Å². The lowest BCUT2D eigenvalue weighted by Gasteiger charge is -2.34. The minimum atomic E-state index is 0.518. The van der Waals surface area contributed by atoms with Crippen molar-refractivity contribution in [2.75, 3.05) is 50.6 Å². The lowest BCUT2D eigenvalue weighted by Crippen LogP contribution is -2.44. The van der Waals surface area contributed by atoms with Crippen LogP contribution in [0, 0.1) is 6.92 Å². The molecule has 0 spiro atoms. The second kappa shape index (κ2) is 11.7. The maximum Gasteiger partial charge on any atom is 0.227 e. The van der Waals surface area contributed by atoms with Gasteiger partial charge in [-0.05, 0) is 74.8 Å². The third kappa shape index (κ3) is 5.93. The number of halogens is 1. The summed E-state index contributed by atoms with van der Waals surface area (Å²) in [6, 6.07) is 14.2. The Morgan fingerprint density at radius 3 is 2.61 bits per heavy atom. The van der Waals surface area contributed by atoms with Crippen molar-refractivity contribution in [3.63, 3.8) is 0 Å². The number of aryl methyl sites for hydroxylation is 2. The van der Waals surface area contributed by atoms with Gasteiger partial charge < -0.3 is 19.9 Å². The van der Waals surface area contributed by atoms with Crippen molar-refractivity contribution >= 4 is 40.3 Å². The number of hydrogen-bond acceptors (Lipinski definition) is 8. The van der Waals surface area contributed by atoms with E-state index in [1.165, 1.54) is 0 Å². The van der Waals surface area contributed by atoms with Crippen LogP contribution in [0.15, 0.2) is 48.7 Å². The number of hydrogen-bond donors (Lipinski definition) is 1. The van der Waals surface area contributed by atoms with Crippen LogP contribution in [0.4, 0.5) is 17.3 Å². The van der Waals surface area contributed by atoms with Crippen molar-refractivity contribution in [1.82, 2.24) is 19.9 Å². The molecule has 1 saturated heterocycles. The van der Waals surface area contributed by atoms with E-state index in [0.29, 0.717) is 5.95 Å². The monoisotopic (exact) mass is 548 g/mol. The van der Waals surface area contributed by atoms with Gasteiger partial charge in [-0.25, -0.2) is 15.0 Å². The molecule has 0 radical (unpaired) electrons. The smallest absolute Gasteiger partial charge is 0.227 e. The Labute approximate surface area is 233 Å². The molecule has 2 aromatic heterocycles. The summed E-state index contributed by atoms with van der Waals surface area (Å²) in [6.07, 6.45) is 3.74. The minimum Gasteiger partial charge on any atom is -0.497 e. The van der Waals surface area contributed by atoms with Gasteiger partial charge >= 0.3 is 0 Å². The molecule has 5 rings (SSSR count). The fraction of sp³-hybridized carbons (Fsp3) is 0.345. The van der Waals surface area contributed by atoms with Crippen LogP contribution in [0.3, 0.4) is 0 Å². The van der Waals surface area contributed by atoms with E-state index >= 15 is 0 Å². The summed E-state index contributed by atoms with van der Waals surface area (Å²) >= 11 is 8.38. The van der Waals surface area contributed by atoms with Gasteiger partial charge in [-0.3, -0.25) is 0 Å². The fourth-order valence-electron chi connectivity index (χ4n) is 4.62. The van der Waals surface area contributed by atoms with Crippen LogP contribution in [-0.4, -0.2) is 60.2 Å². The second-order valence-corrected chi connectivity index (χ2v) is 11.1. The van der Waals surface area contributed by atoms with E-state index < -0.39 is 0 Å². The van der Waals surface area contributed by atoms with E-state index in [1.54, 1.807) is 24.6 Å². The first-order chi connectivity index (χ1) is 18.4. The van der Waals surface area contributed by atoms with Crippen molar-refractivity contribution in [3.05, 3.63) is 64.3 Å². The molecule has 9 heteroatoms. The normalized spacial score (nSPS) is 14.1. The molecule has 0 bridgehead atoms. The van der Waals surface area contributed by atoms with Gasteiger partial charge in [-0.15, -0.1) is 11.3 Å². The lowest BCUT2D eigenvalue weighted by atomic mass is 10.1. The fourth-order valence-corrected chi connectivity index (χ4v) is 6.08. The van der Waals surface area contributed by atoms with Gasteiger partial charge in [0, 0.05) is 43.6 Å². The van der Waals surface area contributed by atoms with Crippen molar-refractivity contribution in [2.24, 2.45) is 0 Å². The van der Waals surface area contributed by atoms with Crippen LogP contribution in [0.5, 0.6) is 5.75 Å². The summed E-state index contributed by atoms with van der Waals surface area (Å²) < 4.78 is 5.53. The number of methoxy groups -OCH3 is 1. The predicted molar refractivity (Wildman–Crippen MR) is 158 cm³/mol. The van der Waals surface area contributed by atoms with Crippen LogP contribution in [0.1, 0.15) is 23.9 Å². The van der Waals surface area contributed by atoms with E-state index in [4.69, 9.17) is 26.3 Å². The number of ether oxygens (including phenoxy) is 1. The van der Waals surface area contributed by atoms with Gasteiger partial charge in [-0.1, -0.05) is 18.5 Å². The summed E-state index contributed by atoms with van der Waals surface area (Å²) in [5.74, 6) is 1.34. The highest BCUT2D eigenvalue weighted by atomic mass is 35.5. The zero-order chi connectivity index (χ0) is 26.6. The highest BCUT2D eigenvalue weighted by Gasteiger charge is 2.19. The van der Waals surface area contributed by atoms with Crippen molar-refractivity contribution < 1.29 is 4.74 Å². The average Bonchev–Trinajstić information content (AvgIpc) is 3.34. The lowest BCUT2D eigenvalue weighted by molar-refractivity contribution is 0.313. The number of benzene rings is 2. The second-order valence-electron chi connectivity index (χ2n) is 9.62. The zero-order valence-electron chi connectivity index (χ0n) is 22.3. The van der Waals surface area contributed by atoms with Crippen molar-refractivity contribution in [3.8, 4) is 27.6 Å². The van der Waals surface area contributed by atoms with Crippen molar-refractivity contribution in [2.45, 2.75) is 26.7 Å². The topological polar surface area (TPSA) is 66.4 Å². The number of nitrogens with zero attached hydrogens (tertiary/aromatic N) is 5. The molecular formula is C29H33ClN6OS. The van der Waals surface area contributed by atoms with Gasteiger partial charge in [0.05, 0.1) is 39.1 Å². The number of nitrogens with one attached hydrogen (secondary N) is 1. The van der Waals surface area contributed by atoms with Gasteiger partial charge in [0.15, 0.2) is 0 Å². The van der Waals surface area contributed by atoms with E-state index in [2.05, 4.69) is 53.1 Å². The summed E-state index contributed by atoms with van der Waals surface area (Å²) in [4.78, 5) is 20.0. The standard InChI is InChI=1S/C29H33ClN6OS/c1-5-6-26-34-27(20-15-19(2)16-22(17-20)37-4)28(38-26)24-9-10-31-29(33-24)32-21-7-8-25(23(30)18-21)36-13-11-35(3)12-14-36/h7-10,15-18H,5-6,11-14H2,1-4H3,(H,31,32,33). The van der Waals surface area contributed by atoms with Gasteiger partial charge in [0.1, 0.15) is 5.75 Å². The van der Waals surface area contributed by atoms with Crippen LogP contribution < -0.4 is 15.0 Å². The molecule has 0 unspecified atom stereocenters. The summed E-state index contributed by atoms with van der Waals surface area (Å²) in [7, 11) is 3.84. The highest BCUT2D eigenvalue weighted by Crippen LogP contribution is 2.38. The van der Waals surface area contributed by atoms with Gasteiger partial charge in [-0.2, -0.15) is 0 Å². The Balaban J connectivity index is 1.43. The van der Waals surface area contributed by atoms with E-state index in [9.17, 15) is 0 Å². The maximum atomic E-state index is 6.70. The number of likely N-dealkylation sites (N-methyl/N-ethyl adjacent to an activating group) is 1. The number of aromatic nitrogens is 3. The molecule has 7 nitrogen and oxygen atoms in total. The first-order valence-electron chi connectivity index (χ1n) is 12.9. The Morgan fingerprint density at radius 1 is 1.05 bits per heavy atom. The first kappa shape index (κ1) is 26.4. The molecule has 198 valence electrons. The summed E-state index contributed by atoms with van der Waals surface area (Å²) in [5, 5.41) is 5.16. The largest absolute Gasteiger partial charge is 0.497 e. The van der Waals surface area contributed by atoms with Gasteiger partial charge in [0.2, 0.25) is 5.95 Å². The van der Waals surface area contributed by atoms with Crippen molar-refractivity contribution in [1.29, 1.82) is 0 Å². The van der Waals surface area contributed by atoms with Crippen LogP contribution in [0.2, 0.25) is 5.02 Å². The van der Waals surface area contributed by atoms with Crippen LogP contribution in [0.25, 0.3) is 21.8 Å². The van der Waals surface area contributed by atoms with E-state index in [1.807, 2.05) is 30.3 Å².